The highest BCUT2D eigenvalue weighted by Gasteiger charge is 2.25. The number of carbonyl (C=O) groups excluding carboxylic acids is 1. The topological polar surface area (TPSA) is 87.6 Å². The molecule has 25 heavy (non-hydrogen) atoms. The minimum Gasteiger partial charge on any atom is -0.505 e. The molecule has 0 spiro atoms. The Morgan fingerprint density at radius 1 is 1.32 bits per heavy atom. The van der Waals surface area contributed by atoms with Crippen molar-refractivity contribution >= 4 is 11.9 Å². The van der Waals surface area contributed by atoms with Gasteiger partial charge in [-0.1, -0.05) is 12.1 Å². The molecule has 0 saturated carbocycles. The highest BCUT2D eigenvalue weighted by molar-refractivity contribution is 5.73. The predicted octanol–water partition coefficient (Wildman–Crippen LogP) is 2.04. The molecule has 0 aliphatic carbocycles. The molecular weight excluding hydrogens is 320 g/mol. The number of ether oxygens (including phenoxy) is 1. The number of aromatic hydroxyl groups is 1. The quantitative estimate of drug-likeness (QED) is 0.864. The summed E-state index contributed by atoms with van der Waals surface area (Å²) in [4.78, 5) is 21.4. The Kier molecular flexibility index (Phi) is 5.02. The molecule has 1 aliphatic rings. The van der Waals surface area contributed by atoms with Gasteiger partial charge in [-0.2, -0.15) is 0 Å². The molecule has 0 unspecified atom stereocenters. The maximum absolute atomic E-state index is 11.1. The van der Waals surface area contributed by atoms with Gasteiger partial charge in [-0.05, 0) is 24.6 Å². The molecule has 1 aromatic heterocycles. The van der Waals surface area contributed by atoms with Crippen molar-refractivity contribution in [1.29, 1.82) is 0 Å². The summed E-state index contributed by atoms with van der Waals surface area (Å²) in [6, 6.07) is 7.75. The van der Waals surface area contributed by atoms with Crippen LogP contribution in [0.3, 0.4) is 0 Å². The molecule has 7 heteroatoms. The lowest BCUT2D eigenvalue weighted by Crippen LogP contribution is -2.26. The molecule has 2 N–H and O–H groups in total. The summed E-state index contributed by atoms with van der Waals surface area (Å²) in [7, 11) is 0. The minimum atomic E-state index is -0.0460. The highest BCUT2D eigenvalue weighted by atomic mass is 16.5. The first-order valence-electron chi connectivity index (χ1n) is 8.31. The van der Waals surface area contributed by atoms with E-state index in [0.29, 0.717) is 12.5 Å². The van der Waals surface area contributed by atoms with Crippen molar-refractivity contribution in [2.75, 3.05) is 18.0 Å². The van der Waals surface area contributed by atoms with Crippen molar-refractivity contribution in [1.82, 2.24) is 15.3 Å². The molecule has 1 aliphatic heterocycles. The number of hydrogen-bond donors (Lipinski definition) is 2. The van der Waals surface area contributed by atoms with Gasteiger partial charge in [-0.3, -0.25) is 4.79 Å². The fourth-order valence-corrected chi connectivity index (χ4v) is 2.90. The molecule has 1 fully saturated rings. The van der Waals surface area contributed by atoms with Gasteiger partial charge < -0.3 is 20.1 Å². The van der Waals surface area contributed by atoms with Crippen LogP contribution in [0.15, 0.2) is 36.7 Å². The third kappa shape index (κ3) is 4.37. The van der Waals surface area contributed by atoms with Crippen LogP contribution in [0.5, 0.6) is 11.5 Å². The van der Waals surface area contributed by atoms with E-state index in [1.807, 2.05) is 36.1 Å². The second kappa shape index (κ2) is 7.38. The lowest BCUT2D eigenvalue weighted by atomic mass is 10.1. The zero-order valence-corrected chi connectivity index (χ0v) is 14.3. The molecule has 1 saturated heterocycles. The number of nitrogens with zero attached hydrogens (tertiary/aromatic N) is 3. The van der Waals surface area contributed by atoms with Crippen LogP contribution in [0.2, 0.25) is 0 Å². The molecule has 1 amide bonds. The highest BCUT2D eigenvalue weighted by Crippen LogP contribution is 2.23. The van der Waals surface area contributed by atoms with E-state index in [4.69, 9.17) is 4.74 Å². The van der Waals surface area contributed by atoms with Gasteiger partial charge in [0.05, 0.1) is 25.0 Å². The fourth-order valence-electron chi connectivity index (χ4n) is 2.90. The van der Waals surface area contributed by atoms with E-state index in [1.54, 1.807) is 0 Å². The lowest BCUT2D eigenvalue weighted by Gasteiger charge is -2.17. The van der Waals surface area contributed by atoms with E-state index in [9.17, 15) is 9.90 Å². The minimum absolute atomic E-state index is 0.0276. The van der Waals surface area contributed by atoms with Gasteiger partial charge in [0.1, 0.15) is 11.9 Å². The average molecular weight is 342 g/mol. The van der Waals surface area contributed by atoms with Crippen LogP contribution in [0.1, 0.15) is 31.9 Å². The van der Waals surface area contributed by atoms with Crippen LogP contribution in [0.4, 0.5) is 5.95 Å². The van der Waals surface area contributed by atoms with Gasteiger partial charge in [0.2, 0.25) is 11.9 Å². The molecule has 2 atom stereocenters. The standard InChI is InChI=1S/C18H22N4O3/c1-12(21-13(2)23)14-3-5-16(6-4-14)25-17-7-8-22(11-17)18-19-9-15(24)10-20-18/h3-6,9-10,12,17,24H,7-8,11H2,1-2H3,(H,21,23)/t12-,17+/m0/s1. The Morgan fingerprint density at radius 2 is 2.00 bits per heavy atom. The Balaban J connectivity index is 1.56. The van der Waals surface area contributed by atoms with Gasteiger partial charge in [0.25, 0.3) is 0 Å². The maximum atomic E-state index is 11.1. The molecule has 2 heterocycles. The van der Waals surface area contributed by atoms with E-state index in [1.165, 1.54) is 19.3 Å². The van der Waals surface area contributed by atoms with E-state index < -0.39 is 0 Å². The Labute approximate surface area is 146 Å². The van der Waals surface area contributed by atoms with Crippen LogP contribution in [-0.4, -0.2) is 40.2 Å². The van der Waals surface area contributed by atoms with Crippen molar-refractivity contribution in [2.45, 2.75) is 32.4 Å². The van der Waals surface area contributed by atoms with E-state index >= 15 is 0 Å². The smallest absolute Gasteiger partial charge is 0.225 e. The Morgan fingerprint density at radius 3 is 2.64 bits per heavy atom. The zero-order chi connectivity index (χ0) is 17.8. The van der Waals surface area contributed by atoms with Gasteiger partial charge >= 0.3 is 0 Å². The number of benzene rings is 1. The van der Waals surface area contributed by atoms with Gasteiger partial charge in [-0.25, -0.2) is 9.97 Å². The number of anilines is 1. The van der Waals surface area contributed by atoms with Crippen molar-refractivity contribution in [3.63, 3.8) is 0 Å². The van der Waals surface area contributed by atoms with E-state index in [0.717, 1.165) is 24.3 Å². The largest absolute Gasteiger partial charge is 0.505 e. The monoisotopic (exact) mass is 342 g/mol. The third-order valence-corrected chi connectivity index (χ3v) is 4.16. The van der Waals surface area contributed by atoms with Crippen LogP contribution in [-0.2, 0) is 4.79 Å². The maximum Gasteiger partial charge on any atom is 0.225 e. The van der Waals surface area contributed by atoms with Crippen LogP contribution < -0.4 is 15.0 Å². The number of carbonyl (C=O) groups is 1. The van der Waals surface area contributed by atoms with Gasteiger partial charge in [-0.15, -0.1) is 0 Å². The second-order valence-electron chi connectivity index (χ2n) is 6.21. The number of hydrogen-bond acceptors (Lipinski definition) is 6. The van der Waals surface area contributed by atoms with Gasteiger partial charge in [0, 0.05) is 19.9 Å². The third-order valence-electron chi connectivity index (χ3n) is 4.16. The zero-order valence-electron chi connectivity index (χ0n) is 14.3. The lowest BCUT2D eigenvalue weighted by molar-refractivity contribution is -0.119. The number of amides is 1. The summed E-state index contributed by atoms with van der Waals surface area (Å²) in [5.41, 5.74) is 1.04. The van der Waals surface area contributed by atoms with Crippen LogP contribution in [0.25, 0.3) is 0 Å². The summed E-state index contributed by atoms with van der Waals surface area (Å²) < 4.78 is 6.03. The fraction of sp³-hybridized carbons (Fsp3) is 0.389. The summed E-state index contributed by atoms with van der Waals surface area (Å²) in [5.74, 6) is 1.42. The molecular formula is C18H22N4O3. The first-order valence-corrected chi connectivity index (χ1v) is 8.31. The molecule has 132 valence electrons. The summed E-state index contributed by atoms with van der Waals surface area (Å²) >= 11 is 0. The van der Waals surface area contributed by atoms with Crippen molar-refractivity contribution < 1.29 is 14.6 Å². The van der Waals surface area contributed by atoms with Crippen LogP contribution >= 0.6 is 0 Å². The Hall–Kier alpha value is -2.83. The van der Waals surface area contributed by atoms with Crippen molar-refractivity contribution in [3.05, 3.63) is 42.2 Å². The molecule has 7 nitrogen and oxygen atoms in total. The number of rotatable bonds is 5. The van der Waals surface area contributed by atoms with Crippen molar-refractivity contribution in [3.8, 4) is 11.5 Å². The second-order valence-corrected chi connectivity index (χ2v) is 6.21. The van der Waals surface area contributed by atoms with E-state index in [-0.39, 0.29) is 23.8 Å². The summed E-state index contributed by atoms with van der Waals surface area (Å²) in [6.45, 7) is 4.98. The average Bonchev–Trinajstić information content (AvgIpc) is 3.04. The SMILES string of the molecule is CC(=O)N[C@@H](C)c1ccc(O[C@@H]2CCN(c3ncc(O)cn3)C2)cc1. The Bertz CT molecular complexity index is 718. The summed E-state index contributed by atoms with van der Waals surface area (Å²) in [6.07, 6.45) is 3.74. The molecule has 0 bridgehead atoms. The first kappa shape index (κ1) is 17.0. The van der Waals surface area contributed by atoms with Gasteiger partial charge in [0.15, 0.2) is 5.75 Å². The van der Waals surface area contributed by atoms with Crippen molar-refractivity contribution in [2.24, 2.45) is 0 Å². The molecule has 1 aromatic carbocycles. The normalized spacial score (nSPS) is 18.0. The van der Waals surface area contributed by atoms with Crippen LogP contribution in [0, 0.1) is 0 Å². The molecule has 3 rings (SSSR count). The van der Waals surface area contributed by atoms with E-state index in [2.05, 4.69) is 15.3 Å². The molecule has 0 radical (unpaired) electrons. The first-order chi connectivity index (χ1) is 12.0. The number of aromatic nitrogens is 2. The summed E-state index contributed by atoms with van der Waals surface area (Å²) in [5, 5.41) is 12.1. The number of nitrogens with one attached hydrogen (secondary N) is 1. The predicted molar refractivity (Wildman–Crippen MR) is 93.6 cm³/mol. The molecule has 2 aromatic rings.